The average Bonchev–Trinajstić information content (AvgIpc) is 2.53. The summed E-state index contributed by atoms with van der Waals surface area (Å²) in [4.78, 5) is 11.6. The molecule has 0 aromatic heterocycles. The fourth-order valence-electron chi connectivity index (χ4n) is 1.78. The van der Waals surface area contributed by atoms with Crippen LogP contribution in [0.15, 0.2) is 47.4 Å². The molecule has 2 rings (SSSR count). The highest BCUT2D eigenvalue weighted by Gasteiger charge is 2.13. The molecule has 0 aliphatic heterocycles. The van der Waals surface area contributed by atoms with Crippen LogP contribution in [-0.2, 0) is 6.61 Å². The number of nitrogens with zero attached hydrogens (tertiary/aromatic N) is 1. The smallest absolute Gasteiger partial charge is 0.294 e. The predicted molar refractivity (Wildman–Crippen MR) is 83.5 cm³/mol. The minimum atomic E-state index is -0.480. The highest BCUT2D eigenvalue weighted by atomic mass is 32.2. The van der Waals surface area contributed by atoms with Crippen molar-refractivity contribution in [1.29, 1.82) is 0 Å². The second kappa shape index (κ2) is 6.96. The Morgan fingerprint density at radius 3 is 2.57 bits per heavy atom. The van der Waals surface area contributed by atoms with Gasteiger partial charge in [0, 0.05) is 11.0 Å². The van der Waals surface area contributed by atoms with Gasteiger partial charge in [-0.25, -0.2) is 0 Å². The van der Waals surface area contributed by atoms with E-state index in [-0.39, 0.29) is 18.0 Å². The van der Waals surface area contributed by atoms with E-state index in [1.165, 1.54) is 6.07 Å². The van der Waals surface area contributed by atoms with Crippen LogP contribution in [0.25, 0.3) is 0 Å². The van der Waals surface area contributed by atoms with E-state index in [4.69, 9.17) is 10.6 Å². The lowest BCUT2D eigenvalue weighted by molar-refractivity contribution is -0.384. The third kappa shape index (κ3) is 3.87. The Morgan fingerprint density at radius 1 is 1.29 bits per heavy atom. The van der Waals surface area contributed by atoms with Gasteiger partial charge in [0.1, 0.15) is 18.0 Å². The molecule has 0 bridgehead atoms. The lowest BCUT2D eigenvalue weighted by Gasteiger charge is -2.08. The molecular formula is C14H15N3O3S. The molecule has 21 heavy (non-hydrogen) atoms. The van der Waals surface area contributed by atoms with Crippen molar-refractivity contribution in [2.24, 2.45) is 5.84 Å². The lowest BCUT2D eigenvalue weighted by Crippen LogP contribution is -2.09. The normalized spacial score (nSPS) is 10.2. The van der Waals surface area contributed by atoms with Gasteiger partial charge in [0.15, 0.2) is 0 Å². The highest BCUT2D eigenvalue weighted by molar-refractivity contribution is 7.98. The first kappa shape index (κ1) is 15.1. The van der Waals surface area contributed by atoms with E-state index in [0.717, 1.165) is 10.6 Å². The first-order valence-corrected chi connectivity index (χ1v) is 7.37. The molecule has 0 spiro atoms. The zero-order valence-corrected chi connectivity index (χ0v) is 12.2. The van der Waals surface area contributed by atoms with E-state index in [0.29, 0.717) is 5.56 Å². The fraction of sp³-hybridized carbons (Fsp3) is 0.143. The van der Waals surface area contributed by atoms with Crippen LogP contribution in [0.5, 0.6) is 5.75 Å². The van der Waals surface area contributed by atoms with Crippen molar-refractivity contribution in [3.8, 4) is 5.75 Å². The zero-order chi connectivity index (χ0) is 15.2. The summed E-state index contributed by atoms with van der Waals surface area (Å²) < 4.78 is 5.62. The van der Waals surface area contributed by atoms with Gasteiger partial charge in [-0.2, -0.15) is 0 Å². The van der Waals surface area contributed by atoms with Crippen molar-refractivity contribution in [2.75, 3.05) is 11.7 Å². The minimum absolute atomic E-state index is 0.0728. The number of nitrogens with two attached hydrogens (primary N) is 1. The van der Waals surface area contributed by atoms with Gasteiger partial charge in [-0.15, -0.1) is 11.8 Å². The molecule has 2 aromatic rings. The monoisotopic (exact) mass is 305 g/mol. The molecule has 7 heteroatoms. The number of hydrogen-bond acceptors (Lipinski definition) is 6. The van der Waals surface area contributed by atoms with Crippen molar-refractivity contribution in [1.82, 2.24) is 0 Å². The van der Waals surface area contributed by atoms with Gasteiger partial charge in [-0.1, -0.05) is 6.07 Å². The van der Waals surface area contributed by atoms with Crippen molar-refractivity contribution < 1.29 is 9.66 Å². The first-order chi connectivity index (χ1) is 10.1. The van der Waals surface area contributed by atoms with Gasteiger partial charge in [0.2, 0.25) is 0 Å². The summed E-state index contributed by atoms with van der Waals surface area (Å²) in [6, 6.07) is 12.4. The molecule has 0 aliphatic rings. The molecule has 0 unspecified atom stereocenters. The summed E-state index contributed by atoms with van der Waals surface area (Å²) in [6.07, 6.45) is 2.00. The number of ether oxygens (including phenoxy) is 1. The number of nitro groups is 1. The van der Waals surface area contributed by atoms with Crippen LogP contribution in [0, 0.1) is 10.1 Å². The zero-order valence-electron chi connectivity index (χ0n) is 11.4. The summed E-state index contributed by atoms with van der Waals surface area (Å²) in [6.45, 7) is 0.254. The van der Waals surface area contributed by atoms with E-state index in [9.17, 15) is 10.1 Å². The second-order valence-corrected chi connectivity index (χ2v) is 5.10. The summed E-state index contributed by atoms with van der Waals surface area (Å²) in [5.41, 5.74) is 3.21. The van der Waals surface area contributed by atoms with Gasteiger partial charge in [-0.05, 0) is 42.2 Å². The highest BCUT2D eigenvalue weighted by Crippen LogP contribution is 2.25. The third-order valence-corrected chi connectivity index (χ3v) is 3.62. The van der Waals surface area contributed by atoms with Crippen LogP contribution in [0.2, 0.25) is 0 Å². The third-order valence-electron chi connectivity index (χ3n) is 2.88. The lowest BCUT2D eigenvalue weighted by atomic mass is 10.2. The number of nitrogen functional groups attached to an aromatic ring is 1. The molecule has 0 saturated heterocycles. The van der Waals surface area contributed by atoms with Crippen LogP contribution in [0.1, 0.15) is 5.56 Å². The quantitative estimate of drug-likeness (QED) is 0.369. The molecule has 6 nitrogen and oxygen atoms in total. The van der Waals surface area contributed by atoms with Crippen LogP contribution in [0.4, 0.5) is 11.4 Å². The van der Waals surface area contributed by atoms with Crippen LogP contribution in [-0.4, -0.2) is 11.2 Å². The maximum absolute atomic E-state index is 10.9. The van der Waals surface area contributed by atoms with E-state index in [1.54, 1.807) is 23.9 Å². The average molecular weight is 305 g/mol. The van der Waals surface area contributed by atoms with Crippen molar-refractivity contribution in [2.45, 2.75) is 11.5 Å². The van der Waals surface area contributed by atoms with E-state index < -0.39 is 4.92 Å². The van der Waals surface area contributed by atoms with E-state index >= 15 is 0 Å². The fourth-order valence-corrected chi connectivity index (χ4v) is 2.19. The predicted octanol–water partition coefficient (Wildman–Crippen LogP) is 3.18. The van der Waals surface area contributed by atoms with Crippen LogP contribution >= 0.6 is 11.8 Å². The summed E-state index contributed by atoms with van der Waals surface area (Å²) in [5.74, 6) is 5.96. The Kier molecular flexibility index (Phi) is 5.02. The largest absolute Gasteiger partial charge is 0.489 e. The summed E-state index contributed by atoms with van der Waals surface area (Å²) in [5, 5.41) is 10.9. The Morgan fingerprint density at radius 2 is 2.00 bits per heavy atom. The van der Waals surface area contributed by atoms with Gasteiger partial charge in [-0.3, -0.25) is 16.0 Å². The maximum atomic E-state index is 10.9. The number of hydrazine groups is 1. The summed E-state index contributed by atoms with van der Waals surface area (Å²) in [7, 11) is 0. The number of rotatable bonds is 6. The number of hydrogen-bond donors (Lipinski definition) is 2. The van der Waals surface area contributed by atoms with Gasteiger partial charge >= 0.3 is 0 Å². The Balaban J connectivity index is 2.08. The van der Waals surface area contributed by atoms with E-state index in [2.05, 4.69) is 5.43 Å². The second-order valence-electron chi connectivity index (χ2n) is 4.22. The van der Waals surface area contributed by atoms with Crippen molar-refractivity contribution in [3.05, 3.63) is 58.1 Å². The molecule has 3 N–H and O–H groups in total. The number of thioether (sulfide) groups is 1. The molecule has 0 saturated carbocycles. The van der Waals surface area contributed by atoms with Gasteiger partial charge < -0.3 is 10.2 Å². The van der Waals surface area contributed by atoms with Crippen LogP contribution < -0.4 is 16.0 Å². The minimum Gasteiger partial charge on any atom is -0.489 e. The molecule has 110 valence electrons. The number of nitrogens with one attached hydrogen (secondary N) is 1. The van der Waals surface area contributed by atoms with Gasteiger partial charge in [0.25, 0.3) is 5.69 Å². The Labute approximate surface area is 126 Å². The molecular weight excluding hydrogens is 290 g/mol. The van der Waals surface area contributed by atoms with Crippen molar-refractivity contribution in [3.63, 3.8) is 0 Å². The Bertz CT molecular complexity index is 632. The van der Waals surface area contributed by atoms with Crippen LogP contribution in [0.3, 0.4) is 0 Å². The number of nitro benzene ring substituents is 1. The molecule has 2 aromatic carbocycles. The Hall–Kier alpha value is -2.25. The van der Waals surface area contributed by atoms with Crippen molar-refractivity contribution >= 4 is 23.1 Å². The molecule has 0 radical (unpaired) electrons. The molecule has 0 atom stereocenters. The van der Waals surface area contributed by atoms with E-state index in [1.807, 2.05) is 30.5 Å². The first-order valence-electron chi connectivity index (χ1n) is 6.15. The standard InChI is InChI=1S/C14H15N3O3S/c1-21-12-5-3-11(4-6-12)20-9-10-2-7-13(16-15)14(8-10)17(18)19/h2-8,16H,9,15H2,1H3. The number of benzene rings is 2. The molecule has 0 amide bonds. The van der Waals surface area contributed by atoms with Gasteiger partial charge in [0.05, 0.1) is 4.92 Å². The maximum Gasteiger partial charge on any atom is 0.294 e. The topological polar surface area (TPSA) is 90.4 Å². The SMILES string of the molecule is CSc1ccc(OCc2ccc(NN)c([N+](=O)[O-])c2)cc1. The molecule has 0 aliphatic carbocycles. The molecule has 0 heterocycles. The number of anilines is 1. The summed E-state index contributed by atoms with van der Waals surface area (Å²) >= 11 is 1.65. The molecule has 0 fully saturated rings.